The second kappa shape index (κ2) is 6.13. The summed E-state index contributed by atoms with van der Waals surface area (Å²) in [5.74, 6) is -1.15. The number of sulfonamides is 1. The predicted molar refractivity (Wildman–Crippen MR) is 76.7 cm³/mol. The molecule has 6 nitrogen and oxygen atoms in total. The monoisotopic (exact) mass is 313 g/mol. The quantitative estimate of drug-likeness (QED) is 0.776. The van der Waals surface area contributed by atoms with Crippen LogP contribution in [0.4, 0.5) is 0 Å². The zero-order chi connectivity index (χ0) is 15.6. The van der Waals surface area contributed by atoms with Crippen molar-refractivity contribution in [3.63, 3.8) is 0 Å². The van der Waals surface area contributed by atoms with Gasteiger partial charge in [0.15, 0.2) is 0 Å². The topological polar surface area (TPSA) is 104 Å². The summed E-state index contributed by atoms with van der Waals surface area (Å²) in [5, 5.41) is 18.7. The van der Waals surface area contributed by atoms with E-state index in [9.17, 15) is 18.3 Å². The van der Waals surface area contributed by atoms with Gasteiger partial charge in [-0.05, 0) is 50.3 Å². The lowest BCUT2D eigenvalue weighted by atomic mass is 9.94. The van der Waals surface area contributed by atoms with Gasteiger partial charge in [0.05, 0.1) is 16.6 Å². The van der Waals surface area contributed by atoms with Gasteiger partial charge in [0.25, 0.3) is 0 Å². The fourth-order valence-corrected chi connectivity index (χ4v) is 4.24. The Labute approximate surface area is 123 Å². The van der Waals surface area contributed by atoms with E-state index in [4.69, 9.17) is 5.11 Å². The Hall–Kier alpha value is -1.44. The number of aliphatic hydroxyl groups is 1. The first-order chi connectivity index (χ1) is 9.81. The summed E-state index contributed by atoms with van der Waals surface area (Å²) in [7, 11) is -3.79. The summed E-state index contributed by atoms with van der Waals surface area (Å²) < 4.78 is 27.4. The molecule has 7 heteroatoms. The van der Waals surface area contributed by atoms with Crippen LogP contribution in [0.1, 0.15) is 41.6 Å². The van der Waals surface area contributed by atoms with Gasteiger partial charge in [-0.2, -0.15) is 0 Å². The Balaban J connectivity index is 2.27. The minimum atomic E-state index is -3.79. The average molecular weight is 313 g/mol. The second-order valence-corrected chi connectivity index (χ2v) is 7.05. The molecule has 1 aromatic rings. The van der Waals surface area contributed by atoms with Crippen molar-refractivity contribution in [2.45, 2.75) is 49.6 Å². The van der Waals surface area contributed by atoms with Crippen molar-refractivity contribution in [3.8, 4) is 0 Å². The third kappa shape index (κ3) is 3.61. The molecule has 0 bridgehead atoms. The van der Waals surface area contributed by atoms with Crippen molar-refractivity contribution < 1.29 is 23.4 Å². The number of carboxylic acids is 1. The standard InChI is InChI=1S/C14H19NO5S/c1-9-12(14(17)18)6-3-7-13(9)21(19,20)15-10-4-2-5-11(16)8-10/h3,6-7,10-11,15-16H,2,4-5,8H2,1H3,(H,17,18). The molecule has 2 atom stereocenters. The lowest BCUT2D eigenvalue weighted by Crippen LogP contribution is -2.40. The molecule has 1 saturated carbocycles. The molecule has 1 fully saturated rings. The number of hydrogen-bond donors (Lipinski definition) is 3. The fourth-order valence-electron chi connectivity index (χ4n) is 2.69. The van der Waals surface area contributed by atoms with Gasteiger partial charge in [-0.25, -0.2) is 17.9 Å². The SMILES string of the molecule is Cc1c(C(=O)O)cccc1S(=O)(=O)NC1CCCC(O)C1. The largest absolute Gasteiger partial charge is 0.478 e. The van der Waals surface area contributed by atoms with Crippen molar-refractivity contribution in [2.75, 3.05) is 0 Å². The maximum atomic E-state index is 12.4. The summed E-state index contributed by atoms with van der Waals surface area (Å²) in [6.45, 7) is 1.48. The number of carbonyl (C=O) groups is 1. The molecule has 0 aliphatic heterocycles. The zero-order valence-electron chi connectivity index (χ0n) is 11.7. The van der Waals surface area contributed by atoms with E-state index in [0.717, 1.165) is 6.42 Å². The molecule has 1 aliphatic rings. The number of hydrogen-bond acceptors (Lipinski definition) is 4. The summed E-state index contributed by atoms with van der Waals surface area (Å²) in [5.41, 5.74) is 0.190. The Morgan fingerprint density at radius 2 is 2.05 bits per heavy atom. The van der Waals surface area contributed by atoms with Gasteiger partial charge in [0.2, 0.25) is 10.0 Å². The van der Waals surface area contributed by atoms with Crippen LogP contribution in [0.3, 0.4) is 0 Å². The highest BCUT2D eigenvalue weighted by Crippen LogP contribution is 2.23. The highest BCUT2D eigenvalue weighted by molar-refractivity contribution is 7.89. The Morgan fingerprint density at radius 1 is 1.33 bits per heavy atom. The minimum Gasteiger partial charge on any atom is -0.478 e. The van der Waals surface area contributed by atoms with Gasteiger partial charge in [-0.15, -0.1) is 0 Å². The van der Waals surface area contributed by atoms with Crippen molar-refractivity contribution >= 4 is 16.0 Å². The molecule has 1 aromatic carbocycles. The molecule has 0 saturated heterocycles. The molecule has 0 heterocycles. The molecule has 0 amide bonds. The molecular formula is C14H19NO5S. The lowest BCUT2D eigenvalue weighted by Gasteiger charge is -2.26. The molecule has 0 aromatic heterocycles. The van der Waals surface area contributed by atoms with Crippen LogP contribution in [0.25, 0.3) is 0 Å². The molecule has 2 rings (SSSR count). The summed E-state index contributed by atoms with van der Waals surface area (Å²) in [6.07, 6.45) is 2.02. The van der Waals surface area contributed by atoms with Crippen molar-refractivity contribution in [1.29, 1.82) is 0 Å². The van der Waals surface area contributed by atoms with E-state index in [1.54, 1.807) is 0 Å². The number of rotatable bonds is 4. The zero-order valence-corrected chi connectivity index (χ0v) is 12.6. The highest BCUT2D eigenvalue weighted by Gasteiger charge is 2.27. The predicted octanol–water partition coefficient (Wildman–Crippen LogP) is 1.28. The van der Waals surface area contributed by atoms with E-state index in [-0.39, 0.29) is 22.1 Å². The van der Waals surface area contributed by atoms with Crippen LogP contribution in [0.2, 0.25) is 0 Å². The number of carboxylic acid groups (broad SMARTS) is 1. The number of benzene rings is 1. The van der Waals surface area contributed by atoms with Crippen molar-refractivity contribution in [1.82, 2.24) is 4.72 Å². The minimum absolute atomic E-state index is 0.0255. The van der Waals surface area contributed by atoms with E-state index < -0.39 is 22.1 Å². The Kier molecular flexibility index (Phi) is 4.65. The molecule has 2 unspecified atom stereocenters. The van der Waals surface area contributed by atoms with E-state index in [2.05, 4.69) is 4.72 Å². The maximum absolute atomic E-state index is 12.4. The van der Waals surface area contributed by atoms with Crippen LogP contribution in [0.5, 0.6) is 0 Å². The first-order valence-corrected chi connectivity index (χ1v) is 8.33. The van der Waals surface area contributed by atoms with E-state index in [1.165, 1.54) is 25.1 Å². The van der Waals surface area contributed by atoms with Crippen LogP contribution in [0.15, 0.2) is 23.1 Å². The smallest absolute Gasteiger partial charge is 0.335 e. The molecule has 21 heavy (non-hydrogen) atoms. The normalized spacial score (nSPS) is 23.0. The van der Waals surface area contributed by atoms with Crippen LogP contribution < -0.4 is 4.72 Å². The number of aromatic carboxylic acids is 1. The molecule has 0 radical (unpaired) electrons. The maximum Gasteiger partial charge on any atom is 0.335 e. The summed E-state index contributed by atoms with van der Waals surface area (Å²) in [6, 6.07) is 3.87. The van der Waals surface area contributed by atoms with E-state index in [0.29, 0.717) is 19.3 Å². The van der Waals surface area contributed by atoms with Gasteiger partial charge in [-0.1, -0.05) is 6.07 Å². The van der Waals surface area contributed by atoms with Gasteiger partial charge >= 0.3 is 5.97 Å². The first-order valence-electron chi connectivity index (χ1n) is 6.84. The highest BCUT2D eigenvalue weighted by atomic mass is 32.2. The Morgan fingerprint density at radius 3 is 2.67 bits per heavy atom. The summed E-state index contributed by atoms with van der Waals surface area (Å²) >= 11 is 0. The number of aliphatic hydroxyl groups excluding tert-OH is 1. The van der Waals surface area contributed by atoms with E-state index in [1.807, 2.05) is 0 Å². The van der Waals surface area contributed by atoms with Gasteiger partial charge in [0.1, 0.15) is 0 Å². The first kappa shape index (κ1) is 15.9. The molecule has 3 N–H and O–H groups in total. The van der Waals surface area contributed by atoms with Crippen LogP contribution >= 0.6 is 0 Å². The molecule has 1 aliphatic carbocycles. The third-order valence-corrected chi connectivity index (χ3v) is 5.44. The fraction of sp³-hybridized carbons (Fsp3) is 0.500. The van der Waals surface area contributed by atoms with Crippen molar-refractivity contribution in [2.24, 2.45) is 0 Å². The Bertz CT molecular complexity index is 641. The van der Waals surface area contributed by atoms with Crippen LogP contribution in [0, 0.1) is 6.92 Å². The lowest BCUT2D eigenvalue weighted by molar-refractivity contribution is 0.0695. The molecule has 0 spiro atoms. The van der Waals surface area contributed by atoms with Crippen LogP contribution in [-0.2, 0) is 10.0 Å². The summed E-state index contributed by atoms with van der Waals surface area (Å²) in [4.78, 5) is 11.1. The van der Waals surface area contributed by atoms with Gasteiger partial charge in [0, 0.05) is 6.04 Å². The third-order valence-electron chi connectivity index (χ3n) is 3.77. The molecular weight excluding hydrogens is 294 g/mol. The van der Waals surface area contributed by atoms with Gasteiger partial charge in [-0.3, -0.25) is 0 Å². The number of nitrogens with one attached hydrogen (secondary N) is 1. The van der Waals surface area contributed by atoms with Crippen LogP contribution in [-0.4, -0.2) is 36.7 Å². The van der Waals surface area contributed by atoms with Crippen molar-refractivity contribution in [3.05, 3.63) is 29.3 Å². The van der Waals surface area contributed by atoms with E-state index >= 15 is 0 Å². The molecule has 116 valence electrons. The average Bonchev–Trinajstić information content (AvgIpc) is 2.37. The van der Waals surface area contributed by atoms with Gasteiger partial charge < -0.3 is 10.2 Å². The second-order valence-electron chi connectivity index (χ2n) is 5.37.